The van der Waals surface area contributed by atoms with E-state index in [2.05, 4.69) is 4.28 Å². The van der Waals surface area contributed by atoms with Crippen molar-refractivity contribution in [3.8, 4) is 0 Å². The SMILES string of the molecule is O=C1N2CC(c3ccccc3C2F)N1OS(=O)(=O)[O-].[Na+]. The standard InChI is InChI=1S/C10H9FN2O5S.Na/c11-9-7-4-2-1-3-6(7)8-5-12(9)10(14)13(8)18-19(15,16)17;/h1-4,8-9H,5H2,(H,15,16,17);/q;+1/p-1. The molecule has 0 saturated carbocycles. The van der Waals surface area contributed by atoms with Gasteiger partial charge in [-0.15, -0.1) is 0 Å². The van der Waals surface area contributed by atoms with E-state index in [9.17, 15) is 22.2 Å². The molecule has 1 aromatic rings. The Hall–Kier alpha value is -0.710. The van der Waals surface area contributed by atoms with Crippen molar-refractivity contribution in [3.63, 3.8) is 0 Å². The summed E-state index contributed by atoms with van der Waals surface area (Å²) >= 11 is 0. The molecule has 102 valence electrons. The van der Waals surface area contributed by atoms with Crippen LogP contribution in [0.1, 0.15) is 23.5 Å². The van der Waals surface area contributed by atoms with Gasteiger partial charge in [0.2, 0.25) is 16.7 Å². The number of carbonyl (C=O) groups is 1. The van der Waals surface area contributed by atoms with Gasteiger partial charge in [-0.2, -0.15) is 9.35 Å². The van der Waals surface area contributed by atoms with Crippen molar-refractivity contribution in [2.45, 2.75) is 12.3 Å². The molecule has 1 aromatic carbocycles. The number of hydrogen-bond acceptors (Lipinski definition) is 5. The first-order chi connectivity index (χ1) is 8.88. The molecule has 20 heavy (non-hydrogen) atoms. The average molecular weight is 310 g/mol. The van der Waals surface area contributed by atoms with Gasteiger partial charge >= 0.3 is 35.6 Å². The zero-order valence-electron chi connectivity index (χ0n) is 10.4. The van der Waals surface area contributed by atoms with E-state index in [0.29, 0.717) is 10.6 Å². The minimum Gasteiger partial charge on any atom is -0.724 e. The Morgan fingerprint density at radius 2 is 1.90 bits per heavy atom. The molecule has 2 heterocycles. The number of urea groups is 1. The van der Waals surface area contributed by atoms with Crippen LogP contribution in [0.25, 0.3) is 0 Å². The Kier molecular flexibility index (Phi) is 4.11. The number of halogens is 1. The Morgan fingerprint density at radius 1 is 1.30 bits per heavy atom. The van der Waals surface area contributed by atoms with Crippen LogP contribution in [-0.4, -0.2) is 35.5 Å². The molecular formula is C10H8FN2NaO5S. The van der Waals surface area contributed by atoms with Gasteiger partial charge in [0, 0.05) is 5.56 Å². The average Bonchev–Trinajstić information content (AvgIpc) is 2.61. The normalized spacial score (nSPS) is 24.4. The molecule has 0 N–H and O–H groups in total. The summed E-state index contributed by atoms with van der Waals surface area (Å²) in [5.41, 5.74) is 0.697. The molecule has 2 bridgehead atoms. The summed E-state index contributed by atoms with van der Waals surface area (Å²) < 4.78 is 50.1. The monoisotopic (exact) mass is 310 g/mol. The fourth-order valence-corrected chi connectivity index (χ4v) is 2.76. The Morgan fingerprint density at radius 3 is 2.50 bits per heavy atom. The summed E-state index contributed by atoms with van der Waals surface area (Å²) in [6, 6.07) is 4.52. The number of rotatable bonds is 2. The second-order valence-electron chi connectivity index (χ2n) is 4.22. The van der Waals surface area contributed by atoms with Gasteiger partial charge in [0.25, 0.3) is 0 Å². The molecule has 3 rings (SSSR count). The van der Waals surface area contributed by atoms with Crippen LogP contribution in [0.5, 0.6) is 0 Å². The van der Waals surface area contributed by atoms with Crippen molar-refractivity contribution >= 4 is 16.4 Å². The number of hydrogen-bond donors (Lipinski definition) is 0. The van der Waals surface area contributed by atoms with E-state index < -0.39 is 28.8 Å². The van der Waals surface area contributed by atoms with Crippen molar-refractivity contribution in [2.75, 3.05) is 6.54 Å². The van der Waals surface area contributed by atoms with E-state index in [-0.39, 0.29) is 41.7 Å². The van der Waals surface area contributed by atoms with E-state index in [4.69, 9.17) is 0 Å². The van der Waals surface area contributed by atoms with E-state index in [1.807, 2.05) is 0 Å². The molecule has 2 atom stereocenters. The fourth-order valence-electron chi connectivity index (χ4n) is 2.39. The first kappa shape index (κ1) is 15.7. The van der Waals surface area contributed by atoms with Crippen molar-refractivity contribution < 1.29 is 56.0 Å². The number of hydroxylamine groups is 2. The second kappa shape index (κ2) is 5.24. The van der Waals surface area contributed by atoms with Crippen LogP contribution in [0.2, 0.25) is 0 Å². The minimum absolute atomic E-state index is 0. The van der Waals surface area contributed by atoms with Crippen LogP contribution >= 0.6 is 0 Å². The molecule has 1 fully saturated rings. The van der Waals surface area contributed by atoms with E-state index in [1.165, 1.54) is 6.07 Å². The molecule has 2 unspecified atom stereocenters. The maximum atomic E-state index is 14.1. The maximum absolute atomic E-state index is 14.1. The summed E-state index contributed by atoms with van der Waals surface area (Å²) in [5, 5.41) is 0.417. The third-order valence-corrected chi connectivity index (χ3v) is 3.49. The smallest absolute Gasteiger partial charge is 0.724 e. The number of amides is 2. The molecule has 10 heteroatoms. The zero-order valence-corrected chi connectivity index (χ0v) is 13.2. The van der Waals surface area contributed by atoms with Gasteiger partial charge in [0.15, 0.2) is 0 Å². The molecule has 2 amide bonds. The largest absolute Gasteiger partial charge is 1.00 e. The fraction of sp³-hybridized carbons (Fsp3) is 0.300. The Balaban J connectivity index is 0.00000147. The van der Waals surface area contributed by atoms with Gasteiger partial charge in [0.1, 0.15) is 6.04 Å². The van der Waals surface area contributed by atoms with Gasteiger partial charge in [-0.1, -0.05) is 24.3 Å². The topological polar surface area (TPSA) is 90.0 Å². The zero-order chi connectivity index (χ0) is 13.8. The van der Waals surface area contributed by atoms with Crippen molar-refractivity contribution in [3.05, 3.63) is 35.4 Å². The van der Waals surface area contributed by atoms with E-state index in [0.717, 1.165) is 4.90 Å². The van der Waals surface area contributed by atoms with Gasteiger partial charge in [-0.05, 0) is 5.56 Å². The van der Waals surface area contributed by atoms with Crippen molar-refractivity contribution in [1.82, 2.24) is 9.96 Å². The molecule has 1 saturated heterocycles. The molecule has 0 aliphatic carbocycles. The van der Waals surface area contributed by atoms with Gasteiger partial charge in [-0.3, -0.25) is 4.90 Å². The minimum atomic E-state index is -5.09. The molecule has 2 aliphatic heterocycles. The van der Waals surface area contributed by atoms with E-state index in [1.54, 1.807) is 18.2 Å². The summed E-state index contributed by atoms with van der Waals surface area (Å²) in [5.74, 6) is 0. The third-order valence-electron chi connectivity index (χ3n) is 3.14. The predicted octanol–water partition coefficient (Wildman–Crippen LogP) is -2.16. The van der Waals surface area contributed by atoms with E-state index >= 15 is 0 Å². The molecule has 0 radical (unpaired) electrons. The number of fused-ring (bicyclic) bond motifs is 4. The number of benzene rings is 1. The second-order valence-corrected chi connectivity index (χ2v) is 5.19. The van der Waals surface area contributed by atoms with Crippen molar-refractivity contribution in [1.29, 1.82) is 0 Å². The number of alkyl halides is 1. The first-order valence-electron chi connectivity index (χ1n) is 5.36. The summed E-state index contributed by atoms with van der Waals surface area (Å²) in [4.78, 5) is 12.6. The Bertz CT molecular complexity index is 655. The quantitative estimate of drug-likeness (QED) is 0.269. The van der Waals surface area contributed by atoms with Crippen LogP contribution in [0.3, 0.4) is 0 Å². The summed E-state index contributed by atoms with van der Waals surface area (Å²) in [7, 11) is -5.09. The third kappa shape index (κ3) is 2.45. The van der Waals surface area contributed by atoms with Crippen LogP contribution in [-0.2, 0) is 14.7 Å². The summed E-state index contributed by atoms with van der Waals surface area (Å²) in [6.07, 6.45) is -1.68. The summed E-state index contributed by atoms with van der Waals surface area (Å²) in [6.45, 7) is -0.0630. The molecule has 0 aromatic heterocycles. The van der Waals surface area contributed by atoms with Crippen LogP contribution in [0.4, 0.5) is 9.18 Å². The van der Waals surface area contributed by atoms with Crippen LogP contribution < -0.4 is 29.6 Å². The van der Waals surface area contributed by atoms with Crippen LogP contribution in [0.15, 0.2) is 24.3 Å². The molecular weight excluding hydrogens is 302 g/mol. The molecule has 7 nitrogen and oxygen atoms in total. The predicted molar refractivity (Wildman–Crippen MR) is 57.8 cm³/mol. The van der Waals surface area contributed by atoms with Gasteiger partial charge < -0.3 is 4.55 Å². The van der Waals surface area contributed by atoms with Crippen LogP contribution in [0, 0.1) is 0 Å². The molecule has 2 aliphatic rings. The number of nitrogens with zero attached hydrogens (tertiary/aromatic N) is 2. The Labute approximate surface area is 136 Å². The number of carbonyl (C=O) groups excluding carboxylic acids is 1. The van der Waals surface area contributed by atoms with Gasteiger partial charge in [0.05, 0.1) is 6.54 Å². The van der Waals surface area contributed by atoms with Gasteiger partial charge in [-0.25, -0.2) is 17.6 Å². The van der Waals surface area contributed by atoms with Crippen molar-refractivity contribution in [2.24, 2.45) is 0 Å². The molecule has 0 spiro atoms. The first-order valence-corrected chi connectivity index (χ1v) is 6.70. The maximum Gasteiger partial charge on any atom is 1.00 e.